The number of alkyl halides is 1. The van der Waals surface area contributed by atoms with Gasteiger partial charge in [0.15, 0.2) is 0 Å². The molecular weight excluding hydrogens is 321 g/mol. The third kappa shape index (κ3) is 6.52. The molecule has 0 fully saturated rings. The van der Waals surface area contributed by atoms with E-state index in [0.717, 1.165) is 10.8 Å². The molecule has 0 aromatic heterocycles. The van der Waals surface area contributed by atoms with Crippen LogP contribution in [0.3, 0.4) is 0 Å². The molecule has 1 N–H and O–H groups in total. The molecule has 0 rings (SSSR count). The number of carbonyl (C=O) groups is 1. The van der Waals surface area contributed by atoms with Crippen molar-refractivity contribution < 1.29 is 14.3 Å². The SMILES string of the molecule is CC[C@@H](OC)[C@@H](CI)NC(=O)OC(C)(C)C. The van der Waals surface area contributed by atoms with Gasteiger partial charge in [-0.15, -0.1) is 0 Å². The Morgan fingerprint density at radius 2 is 2.00 bits per heavy atom. The molecule has 0 aliphatic carbocycles. The minimum atomic E-state index is -0.464. The monoisotopic (exact) mass is 343 g/mol. The Kier molecular flexibility index (Phi) is 7.30. The molecule has 16 heavy (non-hydrogen) atoms. The molecule has 0 radical (unpaired) electrons. The van der Waals surface area contributed by atoms with Crippen molar-refractivity contribution in [2.75, 3.05) is 11.5 Å². The van der Waals surface area contributed by atoms with E-state index >= 15 is 0 Å². The molecule has 4 nitrogen and oxygen atoms in total. The van der Waals surface area contributed by atoms with E-state index in [0.29, 0.717) is 0 Å². The van der Waals surface area contributed by atoms with Crippen LogP contribution in [0.15, 0.2) is 0 Å². The molecule has 0 saturated carbocycles. The summed E-state index contributed by atoms with van der Waals surface area (Å²) in [5.74, 6) is 0. The van der Waals surface area contributed by atoms with Crippen molar-refractivity contribution in [2.45, 2.75) is 51.9 Å². The normalized spacial score (nSPS) is 15.4. The first-order valence-electron chi connectivity index (χ1n) is 5.42. The molecular formula is C11H22INO3. The maximum absolute atomic E-state index is 11.6. The number of amides is 1. The lowest BCUT2D eigenvalue weighted by Crippen LogP contribution is -2.47. The molecule has 0 heterocycles. The highest BCUT2D eigenvalue weighted by Gasteiger charge is 2.23. The van der Waals surface area contributed by atoms with E-state index in [1.165, 1.54) is 0 Å². The Morgan fingerprint density at radius 1 is 1.44 bits per heavy atom. The van der Waals surface area contributed by atoms with Crippen LogP contribution in [0.1, 0.15) is 34.1 Å². The van der Waals surface area contributed by atoms with Gasteiger partial charge in [-0.2, -0.15) is 0 Å². The van der Waals surface area contributed by atoms with Crippen LogP contribution in [-0.2, 0) is 9.47 Å². The minimum absolute atomic E-state index is 0.00884. The fourth-order valence-electron chi connectivity index (χ4n) is 1.31. The summed E-state index contributed by atoms with van der Waals surface area (Å²) in [7, 11) is 1.66. The molecule has 0 aliphatic rings. The Balaban J connectivity index is 4.26. The zero-order chi connectivity index (χ0) is 12.8. The van der Waals surface area contributed by atoms with E-state index in [-0.39, 0.29) is 18.2 Å². The molecule has 0 aromatic rings. The minimum Gasteiger partial charge on any atom is -0.444 e. The number of hydrogen-bond acceptors (Lipinski definition) is 3. The molecule has 0 saturated heterocycles. The zero-order valence-corrected chi connectivity index (χ0v) is 12.8. The van der Waals surface area contributed by atoms with Crippen molar-refractivity contribution in [1.29, 1.82) is 0 Å². The Bertz CT molecular complexity index is 212. The predicted octanol–water partition coefficient (Wildman–Crippen LogP) is 2.74. The van der Waals surface area contributed by atoms with Crippen LogP contribution < -0.4 is 5.32 Å². The van der Waals surface area contributed by atoms with Gasteiger partial charge in [0.05, 0.1) is 12.1 Å². The molecule has 1 amide bonds. The van der Waals surface area contributed by atoms with Gasteiger partial charge in [0.25, 0.3) is 0 Å². The van der Waals surface area contributed by atoms with Crippen LogP contribution in [0.4, 0.5) is 4.79 Å². The van der Waals surface area contributed by atoms with Crippen LogP contribution in [0.5, 0.6) is 0 Å². The Hall–Kier alpha value is -0.0400. The van der Waals surface area contributed by atoms with Gasteiger partial charge in [-0.25, -0.2) is 4.79 Å². The van der Waals surface area contributed by atoms with Crippen LogP contribution >= 0.6 is 22.6 Å². The lowest BCUT2D eigenvalue weighted by Gasteiger charge is -2.26. The molecule has 0 unspecified atom stereocenters. The van der Waals surface area contributed by atoms with Crippen molar-refractivity contribution in [3.8, 4) is 0 Å². The van der Waals surface area contributed by atoms with Crippen molar-refractivity contribution in [3.63, 3.8) is 0 Å². The summed E-state index contributed by atoms with van der Waals surface area (Å²) in [6, 6.07) is -0.00884. The van der Waals surface area contributed by atoms with E-state index in [1.807, 2.05) is 27.7 Å². The Labute approximate surface area is 112 Å². The number of rotatable bonds is 5. The molecule has 0 spiro atoms. The fourth-order valence-corrected chi connectivity index (χ4v) is 2.09. The summed E-state index contributed by atoms with van der Waals surface area (Å²) in [5, 5.41) is 2.83. The summed E-state index contributed by atoms with van der Waals surface area (Å²) >= 11 is 2.23. The highest BCUT2D eigenvalue weighted by atomic mass is 127. The molecule has 0 aromatic carbocycles. The quantitative estimate of drug-likeness (QED) is 0.617. The number of methoxy groups -OCH3 is 1. The number of alkyl carbamates (subject to hydrolysis) is 1. The summed E-state index contributed by atoms with van der Waals surface area (Å²) < 4.78 is 11.3. The summed E-state index contributed by atoms with van der Waals surface area (Å²) in [6.07, 6.45) is 0.508. The van der Waals surface area contributed by atoms with Gasteiger partial charge < -0.3 is 14.8 Å². The number of halogens is 1. The molecule has 2 atom stereocenters. The topological polar surface area (TPSA) is 47.6 Å². The van der Waals surface area contributed by atoms with Crippen LogP contribution in [-0.4, -0.2) is 35.4 Å². The highest BCUT2D eigenvalue weighted by Crippen LogP contribution is 2.10. The number of nitrogens with one attached hydrogen (secondary N) is 1. The lowest BCUT2D eigenvalue weighted by atomic mass is 10.1. The highest BCUT2D eigenvalue weighted by molar-refractivity contribution is 14.1. The maximum Gasteiger partial charge on any atom is 0.407 e. The molecule has 0 bridgehead atoms. The predicted molar refractivity (Wildman–Crippen MR) is 73.1 cm³/mol. The summed E-state index contributed by atoms with van der Waals surface area (Å²) in [4.78, 5) is 11.6. The van der Waals surface area contributed by atoms with Gasteiger partial charge in [-0.3, -0.25) is 0 Å². The van der Waals surface area contributed by atoms with Crippen LogP contribution in [0.25, 0.3) is 0 Å². The molecule has 96 valence electrons. The van der Waals surface area contributed by atoms with Crippen LogP contribution in [0.2, 0.25) is 0 Å². The number of hydrogen-bond donors (Lipinski definition) is 1. The van der Waals surface area contributed by atoms with Crippen molar-refractivity contribution in [1.82, 2.24) is 5.32 Å². The van der Waals surface area contributed by atoms with E-state index in [4.69, 9.17) is 9.47 Å². The van der Waals surface area contributed by atoms with Gasteiger partial charge in [-0.1, -0.05) is 29.5 Å². The standard InChI is InChI=1S/C11H22INO3/c1-6-9(15-5)8(7-12)13-10(14)16-11(2,3)4/h8-9H,6-7H2,1-5H3,(H,13,14)/t8-,9-/m1/s1. The van der Waals surface area contributed by atoms with Crippen molar-refractivity contribution in [3.05, 3.63) is 0 Å². The largest absolute Gasteiger partial charge is 0.444 e. The third-order valence-corrected chi connectivity index (χ3v) is 2.97. The van der Waals surface area contributed by atoms with Crippen LogP contribution in [0, 0.1) is 0 Å². The maximum atomic E-state index is 11.6. The molecule has 0 aliphatic heterocycles. The average Bonchev–Trinajstić information content (AvgIpc) is 2.15. The van der Waals surface area contributed by atoms with Gasteiger partial charge >= 0.3 is 6.09 Å². The second-order valence-electron chi connectivity index (χ2n) is 4.59. The zero-order valence-electron chi connectivity index (χ0n) is 10.7. The van der Waals surface area contributed by atoms with Gasteiger partial charge in [-0.05, 0) is 27.2 Å². The van der Waals surface area contributed by atoms with E-state index in [9.17, 15) is 4.79 Å². The van der Waals surface area contributed by atoms with Gasteiger partial charge in [0.1, 0.15) is 5.60 Å². The number of ether oxygens (including phenoxy) is 2. The lowest BCUT2D eigenvalue weighted by molar-refractivity contribution is 0.0360. The first kappa shape index (κ1) is 16.0. The first-order valence-corrected chi connectivity index (χ1v) is 6.94. The van der Waals surface area contributed by atoms with Crippen molar-refractivity contribution >= 4 is 28.7 Å². The summed E-state index contributed by atoms with van der Waals surface area (Å²) in [5.41, 5.74) is -0.464. The second-order valence-corrected chi connectivity index (χ2v) is 5.47. The third-order valence-electron chi connectivity index (χ3n) is 2.02. The fraction of sp³-hybridized carbons (Fsp3) is 0.909. The Morgan fingerprint density at radius 3 is 2.31 bits per heavy atom. The van der Waals surface area contributed by atoms with Crippen molar-refractivity contribution in [2.24, 2.45) is 0 Å². The van der Waals surface area contributed by atoms with Gasteiger partial charge in [0.2, 0.25) is 0 Å². The molecule has 5 heteroatoms. The van der Waals surface area contributed by atoms with Gasteiger partial charge in [0, 0.05) is 11.5 Å². The second kappa shape index (κ2) is 7.32. The first-order chi connectivity index (χ1) is 7.34. The van der Waals surface area contributed by atoms with E-state index in [1.54, 1.807) is 7.11 Å². The van der Waals surface area contributed by atoms with E-state index in [2.05, 4.69) is 27.9 Å². The smallest absolute Gasteiger partial charge is 0.407 e. The summed E-state index contributed by atoms with van der Waals surface area (Å²) in [6.45, 7) is 7.57. The number of carbonyl (C=O) groups excluding carboxylic acids is 1. The average molecular weight is 343 g/mol. The van der Waals surface area contributed by atoms with E-state index < -0.39 is 5.60 Å².